The summed E-state index contributed by atoms with van der Waals surface area (Å²) in [6.07, 6.45) is 3.68. The van der Waals surface area contributed by atoms with Gasteiger partial charge in [-0.25, -0.2) is 4.79 Å². The van der Waals surface area contributed by atoms with E-state index in [0.717, 1.165) is 37.0 Å². The second-order valence-electron chi connectivity index (χ2n) is 11.7. The van der Waals surface area contributed by atoms with Crippen molar-refractivity contribution in [3.8, 4) is 5.75 Å². The molecule has 1 saturated carbocycles. The van der Waals surface area contributed by atoms with E-state index in [-0.39, 0.29) is 29.3 Å². The molecule has 1 aromatic carbocycles. The molecule has 8 heteroatoms. The van der Waals surface area contributed by atoms with Crippen molar-refractivity contribution in [3.05, 3.63) is 29.8 Å². The monoisotopic (exact) mass is 503 g/mol. The van der Waals surface area contributed by atoms with Crippen molar-refractivity contribution in [2.75, 3.05) is 13.7 Å². The molecule has 35 heavy (non-hydrogen) atoms. The lowest BCUT2D eigenvalue weighted by molar-refractivity contribution is -0.345. The lowest BCUT2D eigenvalue weighted by Crippen LogP contribution is -2.60. The molecule has 0 amide bonds. The Morgan fingerprint density at radius 2 is 1.83 bits per heavy atom. The molecular formula is C27H41NO6Si. The van der Waals surface area contributed by atoms with Gasteiger partial charge in [-0.05, 0) is 62.5 Å². The van der Waals surface area contributed by atoms with Gasteiger partial charge in [0.2, 0.25) is 5.54 Å². The summed E-state index contributed by atoms with van der Waals surface area (Å²) in [5.74, 6) is -1.00. The van der Waals surface area contributed by atoms with Crippen molar-refractivity contribution in [2.24, 2.45) is 5.92 Å². The normalized spacial score (nSPS) is 34.4. The second-order valence-corrected chi connectivity index (χ2v) is 16.5. The van der Waals surface area contributed by atoms with Crippen LogP contribution in [0.5, 0.6) is 5.75 Å². The van der Waals surface area contributed by atoms with Gasteiger partial charge in [0, 0.05) is 18.3 Å². The van der Waals surface area contributed by atoms with E-state index in [1.54, 1.807) is 19.1 Å². The molecule has 194 valence electrons. The molecule has 0 radical (unpaired) electrons. The van der Waals surface area contributed by atoms with Gasteiger partial charge in [0.1, 0.15) is 5.75 Å². The number of hydrogen-bond acceptors (Lipinski definition) is 7. The van der Waals surface area contributed by atoms with Gasteiger partial charge >= 0.3 is 5.97 Å². The highest BCUT2D eigenvalue weighted by atomic mass is 28.4. The highest BCUT2D eigenvalue weighted by Gasteiger charge is 2.82. The third-order valence-electron chi connectivity index (χ3n) is 8.70. The molecule has 3 aliphatic rings. The first-order valence-electron chi connectivity index (χ1n) is 12.9. The number of hydrogen-bond donors (Lipinski definition) is 0. The summed E-state index contributed by atoms with van der Waals surface area (Å²) in [6, 6.07) is 7.55. The zero-order chi connectivity index (χ0) is 25.8. The Morgan fingerprint density at radius 1 is 1.17 bits per heavy atom. The van der Waals surface area contributed by atoms with Crippen LogP contribution in [0, 0.1) is 5.92 Å². The summed E-state index contributed by atoms with van der Waals surface area (Å²) < 4.78 is 18.0. The number of ether oxygens (including phenoxy) is 2. The number of carbonyl (C=O) groups excluding carboxylic acids is 2. The van der Waals surface area contributed by atoms with Gasteiger partial charge in [0.05, 0.1) is 19.8 Å². The molecule has 2 saturated heterocycles. The Labute approximate surface area is 210 Å². The Morgan fingerprint density at radius 3 is 2.37 bits per heavy atom. The maximum atomic E-state index is 13.4. The van der Waals surface area contributed by atoms with Gasteiger partial charge in [-0.2, -0.15) is 5.06 Å². The van der Waals surface area contributed by atoms with Crippen molar-refractivity contribution in [3.63, 3.8) is 0 Å². The van der Waals surface area contributed by atoms with Crippen LogP contribution in [-0.2, 0) is 23.6 Å². The minimum Gasteiger partial charge on any atom is -0.497 e. The van der Waals surface area contributed by atoms with Crippen LogP contribution in [0.25, 0.3) is 0 Å². The molecule has 0 aromatic heterocycles. The molecule has 2 aliphatic heterocycles. The molecule has 0 N–H and O–H groups in total. The molecule has 1 aliphatic carbocycles. The molecule has 0 spiro atoms. The zero-order valence-electron chi connectivity index (χ0n) is 22.5. The van der Waals surface area contributed by atoms with Crippen molar-refractivity contribution in [2.45, 2.75) is 102 Å². The number of rotatable bonds is 7. The van der Waals surface area contributed by atoms with Crippen LogP contribution >= 0.6 is 0 Å². The molecule has 6 atom stereocenters. The van der Waals surface area contributed by atoms with Crippen LogP contribution in [0.15, 0.2) is 24.3 Å². The van der Waals surface area contributed by atoms with E-state index >= 15 is 0 Å². The SMILES string of the molecule is CCOC(=O)C1(C(C)=O)[C@@H]2[C@@H](c3ccc(OC)cc3)[C@@H]3CCCC[C@]3(O[Si](C)(C)C(C)(C)C)ON21. The van der Waals surface area contributed by atoms with Crippen LogP contribution in [-0.4, -0.2) is 56.2 Å². The smallest absolute Gasteiger partial charge is 0.338 e. The average molecular weight is 504 g/mol. The van der Waals surface area contributed by atoms with Crippen molar-refractivity contribution < 1.29 is 28.3 Å². The number of fused-ring (bicyclic) bond motifs is 2. The van der Waals surface area contributed by atoms with Crippen molar-refractivity contribution >= 4 is 20.1 Å². The molecule has 7 nitrogen and oxygen atoms in total. The number of methoxy groups -OCH3 is 1. The number of carbonyl (C=O) groups is 2. The topological polar surface area (TPSA) is 74.1 Å². The van der Waals surface area contributed by atoms with E-state index in [0.29, 0.717) is 0 Å². The molecule has 1 aromatic rings. The molecule has 2 heterocycles. The first-order chi connectivity index (χ1) is 16.4. The summed E-state index contributed by atoms with van der Waals surface area (Å²) in [6.45, 7) is 14.6. The molecule has 3 fully saturated rings. The van der Waals surface area contributed by atoms with E-state index in [9.17, 15) is 9.59 Å². The van der Waals surface area contributed by atoms with Gasteiger partial charge in [0.25, 0.3) is 0 Å². The number of esters is 1. The minimum atomic E-state index is -2.25. The maximum Gasteiger partial charge on any atom is 0.338 e. The zero-order valence-corrected chi connectivity index (χ0v) is 23.5. The summed E-state index contributed by atoms with van der Waals surface area (Å²) in [7, 11) is -0.609. The van der Waals surface area contributed by atoms with Crippen LogP contribution in [0.1, 0.15) is 71.8 Å². The van der Waals surface area contributed by atoms with Gasteiger partial charge in [-0.3, -0.25) is 9.63 Å². The number of nitrogens with zero attached hydrogens (tertiary/aromatic N) is 1. The quantitative estimate of drug-likeness (QED) is 0.219. The second kappa shape index (κ2) is 8.98. The third kappa shape index (κ3) is 4.06. The van der Waals surface area contributed by atoms with E-state index in [4.69, 9.17) is 18.7 Å². The lowest BCUT2D eigenvalue weighted by Gasteiger charge is -2.54. The number of Topliss-reactive ketones (excluding diaryl/α,β-unsaturated/α-hetero) is 1. The number of ketones is 1. The highest BCUT2D eigenvalue weighted by molar-refractivity contribution is 6.74. The fourth-order valence-electron chi connectivity index (χ4n) is 5.85. The largest absolute Gasteiger partial charge is 0.497 e. The summed E-state index contributed by atoms with van der Waals surface area (Å²) in [4.78, 5) is 33.2. The van der Waals surface area contributed by atoms with Crippen LogP contribution in [0.3, 0.4) is 0 Å². The highest BCUT2D eigenvalue weighted by Crippen LogP contribution is 2.64. The van der Waals surface area contributed by atoms with Gasteiger partial charge in [0.15, 0.2) is 19.9 Å². The summed E-state index contributed by atoms with van der Waals surface area (Å²) in [5, 5.41) is 1.61. The van der Waals surface area contributed by atoms with E-state index in [1.807, 2.05) is 24.3 Å². The van der Waals surface area contributed by atoms with Crippen LogP contribution in [0.2, 0.25) is 18.1 Å². The minimum absolute atomic E-state index is 0.00988. The van der Waals surface area contributed by atoms with Crippen molar-refractivity contribution in [1.29, 1.82) is 0 Å². The molecule has 4 rings (SSSR count). The standard InChI is InChI=1S/C27H41NO6Si/c1-9-32-24(30)27(18(2)29)23-22(19-13-15-20(31-6)16-14-19)21-12-10-11-17-26(21,33-28(23)27)34-35(7,8)25(3,4)5/h13-16,21-23H,9-12,17H2,1-8H3/t21-,22-,23-,26+,27?,28?/m0/s1. The number of hydroxylamine groups is 2. The predicted molar refractivity (Wildman–Crippen MR) is 135 cm³/mol. The molecular weight excluding hydrogens is 462 g/mol. The van der Waals surface area contributed by atoms with Crippen LogP contribution < -0.4 is 4.74 Å². The molecule has 2 unspecified atom stereocenters. The number of benzene rings is 1. The predicted octanol–water partition coefficient (Wildman–Crippen LogP) is 5.21. The van der Waals surface area contributed by atoms with Crippen molar-refractivity contribution in [1.82, 2.24) is 5.06 Å². The first kappa shape index (κ1) is 26.3. The average Bonchev–Trinajstić information content (AvgIpc) is 3.45. The first-order valence-corrected chi connectivity index (χ1v) is 15.8. The van der Waals surface area contributed by atoms with E-state index in [1.165, 1.54) is 6.92 Å². The van der Waals surface area contributed by atoms with E-state index < -0.39 is 31.7 Å². The van der Waals surface area contributed by atoms with Gasteiger partial charge in [-0.15, -0.1) is 0 Å². The Kier molecular flexibility index (Phi) is 6.75. The fourth-order valence-corrected chi connectivity index (χ4v) is 7.31. The fraction of sp³-hybridized carbons (Fsp3) is 0.704. The van der Waals surface area contributed by atoms with E-state index in [2.05, 4.69) is 33.9 Å². The Hall–Kier alpha value is -1.74. The summed E-state index contributed by atoms with van der Waals surface area (Å²) in [5.41, 5.74) is -0.381. The van der Waals surface area contributed by atoms with Crippen LogP contribution in [0.4, 0.5) is 0 Å². The molecule has 0 bridgehead atoms. The van der Waals surface area contributed by atoms with Gasteiger partial charge < -0.3 is 13.9 Å². The maximum absolute atomic E-state index is 13.4. The lowest BCUT2D eigenvalue weighted by atomic mass is 9.69. The Bertz CT molecular complexity index is 973. The third-order valence-corrected chi connectivity index (χ3v) is 13.2. The van der Waals surface area contributed by atoms with Gasteiger partial charge in [-0.1, -0.05) is 39.3 Å². The Balaban J connectivity index is 1.86. The summed E-state index contributed by atoms with van der Waals surface area (Å²) >= 11 is 0.